The van der Waals surface area contributed by atoms with Crippen molar-refractivity contribution in [1.29, 1.82) is 10.5 Å². The molecule has 8 heterocycles. The second kappa shape index (κ2) is 20.8. The molecular weight excluding hydrogens is 1020 g/mol. The van der Waals surface area contributed by atoms with Crippen LogP contribution in [0.4, 0.5) is 16.4 Å². The molecule has 4 aliphatic heterocycles. The Labute approximate surface area is 454 Å². The number of ether oxygens (including phenoxy) is 9. The summed E-state index contributed by atoms with van der Waals surface area (Å²) in [5.41, 5.74) is 20.8. The zero-order valence-electron chi connectivity index (χ0n) is 44.8. The van der Waals surface area contributed by atoms with E-state index in [4.69, 9.17) is 59.8 Å². The highest BCUT2D eigenvalue weighted by Crippen LogP contribution is 2.51. The van der Waals surface area contributed by atoms with Gasteiger partial charge in [0.1, 0.15) is 104 Å². The van der Waals surface area contributed by atoms with Gasteiger partial charge in [0.05, 0.1) is 11.4 Å². The number of nitrogens with zero attached hydrogens (tertiary/aromatic N) is 8. The quantitative estimate of drug-likeness (QED) is 0.0911. The number of hydrogen-bond donors (Lipinski definition) is 4. The maximum Gasteiger partial charge on any atom is 0.407 e. The van der Waals surface area contributed by atoms with Crippen LogP contribution in [0, 0.1) is 34.5 Å². The number of anilines is 2. The van der Waals surface area contributed by atoms with Crippen molar-refractivity contribution < 1.29 is 57.0 Å². The molecule has 24 nitrogen and oxygen atoms in total. The minimum absolute atomic E-state index is 0.0785. The predicted octanol–water partition coefficient (Wildman–Crippen LogP) is 4.53. The molecule has 10 atom stereocenters. The number of aromatic nitrogens is 6. The van der Waals surface area contributed by atoms with Crippen molar-refractivity contribution in [2.45, 2.75) is 133 Å². The van der Waals surface area contributed by atoms with Gasteiger partial charge in [-0.25, -0.2) is 28.6 Å². The SMILES string of the molecule is CC(C)[C@H](N)C(=O)OC[C@H]1O[C@@](C#N)(c2ccc3c(N)ncnn23)[C@@H]2OC(C)(C)O[C@@H]21.CC(C)[C@H](NC(=O)OCC1c2ccccc2-c2ccccc21)C(=O)OC[C@H]1O[C@@](C#N)(c2ccc3c(N)ncnn23)[C@@H]2OC(C)(C)O[C@@H]21. The number of nitrogens with two attached hydrogens (primary N) is 3. The first kappa shape index (κ1) is 54.5. The summed E-state index contributed by atoms with van der Waals surface area (Å²) in [6, 6.07) is 25.6. The molecule has 7 N–H and O–H groups in total. The van der Waals surface area contributed by atoms with Crippen LogP contribution in [-0.2, 0) is 63.4 Å². The van der Waals surface area contributed by atoms with Crippen molar-refractivity contribution >= 4 is 40.7 Å². The van der Waals surface area contributed by atoms with Crippen LogP contribution in [0.2, 0.25) is 0 Å². The van der Waals surface area contributed by atoms with Gasteiger partial charge >= 0.3 is 18.0 Å². The number of amides is 1. The minimum atomic E-state index is -1.67. The van der Waals surface area contributed by atoms with Crippen molar-refractivity contribution in [3.05, 3.63) is 108 Å². The Morgan fingerprint density at radius 3 is 1.53 bits per heavy atom. The standard InChI is InChI=1S/C35H36N6O7.C20H26N6O5/c1-19(2)28(40-33(43)45-15-24-22-11-7-5-9-20(22)21-10-6-8-12-23(21)24)32(42)44-16-26-29-30(48-34(3,4)47-29)35(17-36,46-26)27-14-13-25-31(37)38-18-39-41(25)27;1-10(2)14(22)18(27)28-7-12-15-16(31-19(3,4)30-15)20(8-21,29-12)13-6-5-11-17(23)24-9-25-26(11)13/h5-14,18-19,24,26,28-30H,15-16H2,1-4H3,(H,40,43)(H2,37,38,39);5-6,9-10,12,14-16H,7,22H2,1-4H3,(H2,23,24,25)/t26-,28+,29-,30-,35+;12-,14+,15-,16-,20+/m11/s1. The Balaban J connectivity index is 0.000000196. The van der Waals surface area contributed by atoms with Gasteiger partial charge in [-0.3, -0.25) is 4.79 Å². The molecule has 0 bridgehead atoms. The summed E-state index contributed by atoms with van der Waals surface area (Å²) in [7, 11) is 0. The first-order chi connectivity index (χ1) is 37.6. The number of carbonyl (C=O) groups is 3. The van der Waals surface area contributed by atoms with Crippen LogP contribution in [0.5, 0.6) is 0 Å². The zero-order chi connectivity index (χ0) is 56.3. The number of hydrogen-bond acceptors (Lipinski definition) is 21. The Kier molecular flexibility index (Phi) is 14.3. The van der Waals surface area contributed by atoms with Crippen LogP contribution < -0.4 is 22.5 Å². The molecule has 1 amide bonds. The Morgan fingerprint density at radius 2 is 1.09 bits per heavy atom. The maximum atomic E-state index is 13.4. The highest BCUT2D eigenvalue weighted by Gasteiger charge is 2.67. The zero-order valence-corrected chi connectivity index (χ0v) is 44.8. The highest BCUT2D eigenvalue weighted by molar-refractivity contribution is 5.82. The van der Waals surface area contributed by atoms with E-state index in [1.54, 1.807) is 65.8 Å². The molecule has 24 heteroatoms. The van der Waals surface area contributed by atoms with Crippen molar-refractivity contribution in [3.8, 4) is 23.3 Å². The third-order valence-electron chi connectivity index (χ3n) is 14.8. The van der Waals surface area contributed by atoms with Gasteiger partial charge in [0, 0.05) is 5.92 Å². The first-order valence-corrected chi connectivity index (χ1v) is 25.9. The van der Waals surface area contributed by atoms with Crippen molar-refractivity contribution in [1.82, 2.24) is 34.5 Å². The van der Waals surface area contributed by atoms with Gasteiger partial charge < -0.3 is 65.1 Å². The number of alkyl carbamates (subject to hydrolysis) is 1. The van der Waals surface area contributed by atoms with Crippen LogP contribution in [0.25, 0.3) is 22.2 Å². The van der Waals surface area contributed by atoms with Crippen LogP contribution in [-0.4, -0.2) is 127 Å². The summed E-state index contributed by atoms with van der Waals surface area (Å²) in [4.78, 5) is 46.7. The number of fused-ring (bicyclic) bond motifs is 7. The fourth-order valence-corrected chi connectivity index (χ4v) is 11.0. The summed E-state index contributed by atoms with van der Waals surface area (Å²) < 4.78 is 56.8. The van der Waals surface area contributed by atoms with Gasteiger partial charge in [-0.1, -0.05) is 76.2 Å². The van der Waals surface area contributed by atoms with E-state index in [2.05, 4.69) is 49.8 Å². The second-order valence-electron chi connectivity index (χ2n) is 21.6. The minimum Gasteiger partial charge on any atom is -0.462 e. The van der Waals surface area contributed by atoms with E-state index in [9.17, 15) is 24.9 Å². The van der Waals surface area contributed by atoms with E-state index in [1.165, 1.54) is 21.7 Å². The average Bonchev–Trinajstić information content (AvgIpc) is 4.44. The van der Waals surface area contributed by atoms with E-state index in [0.29, 0.717) is 22.4 Å². The summed E-state index contributed by atoms with van der Waals surface area (Å²) in [5.74, 6) is -3.26. The number of nitrogens with one attached hydrogen (secondary N) is 1. The van der Waals surface area contributed by atoms with Gasteiger partial charge in [0.2, 0.25) is 11.2 Å². The maximum absolute atomic E-state index is 13.4. The Morgan fingerprint density at radius 1 is 0.633 bits per heavy atom. The van der Waals surface area contributed by atoms with Gasteiger partial charge in [-0.2, -0.15) is 20.7 Å². The Hall–Kier alpha value is -7.81. The van der Waals surface area contributed by atoms with Crippen LogP contribution in [0.15, 0.2) is 85.5 Å². The number of esters is 2. The average molecular weight is 1080 g/mol. The molecule has 11 rings (SSSR count). The number of rotatable bonds is 13. The van der Waals surface area contributed by atoms with Gasteiger partial charge in [-0.05, 0) is 86.1 Å². The fourth-order valence-electron chi connectivity index (χ4n) is 11.0. The summed E-state index contributed by atoms with van der Waals surface area (Å²) in [5, 5.41) is 32.0. The number of nitrogen functional groups attached to an aromatic ring is 2. The molecule has 414 valence electrons. The van der Waals surface area contributed by atoms with E-state index < -0.39 is 89.5 Å². The van der Waals surface area contributed by atoms with Crippen molar-refractivity contribution in [3.63, 3.8) is 0 Å². The molecule has 79 heavy (non-hydrogen) atoms. The largest absolute Gasteiger partial charge is 0.462 e. The molecule has 0 spiro atoms. The molecule has 0 unspecified atom stereocenters. The van der Waals surface area contributed by atoms with Crippen molar-refractivity contribution in [2.24, 2.45) is 17.6 Å². The lowest BCUT2D eigenvalue weighted by molar-refractivity contribution is -0.207. The second-order valence-corrected chi connectivity index (χ2v) is 21.6. The van der Waals surface area contributed by atoms with E-state index in [-0.39, 0.29) is 49.2 Å². The molecule has 2 aromatic carbocycles. The van der Waals surface area contributed by atoms with Gasteiger partial charge in [0.25, 0.3) is 0 Å². The Bertz CT molecular complexity index is 3360. The predicted molar refractivity (Wildman–Crippen MR) is 278 cm³/mol. The summed E-state index contributed by atoms with van der Waals surface area (Å²) in [6.45, 7) is 13.9. The fraction of sp³-hybridized carbons (Fsp3) is 0.473. The van der Waals surface area contributed by atoms with Crippen LogP contribution in [0.3, 0.4) is 0 Å². The molecule has 4 saturated heterocycles. The highest BCUT2D eigenvalue weighted by atomic mass is 16.8. The monoisotopic (exact) mass is 1080 g/mol. The topological polar surface area (TPSA) is 332 Å². The molecule has 1 aliphatic carbocycles. The van der Waals surface area contributed by atoms with E-state index >= 15 is 0 Å². The third-order valence-corrected chi connectivity index (χ3v) is 14.8. The van der Waals surface area contributed by atoms with Gasteiger partial charge in [-0.15, -0.1) is 0 Å². The van der Waals surface area contributed by atoms with E-state index in [0.717, 1.165) is 22.3 Å². The molecule has 6 aromatic rings. The smallest absolute Gasteiger partial charge is 0.407 e. The molecule has 4 aromatic heterocycles. The molecule has 4 fully saturated rings. The van der Waals surface area contributed by atoms with Crippen molar-refractivity contribution in [2.75, 3.05) is 31.3 Å². The number of nitriles is 2. The normalized spacial score (nSPS) is 26.7. The number of benzene rings is 2. The summed E-state index contributed by atoms with van der Waals surface area (Å²) >= 11 is 0. The first-order valence-electron chi connectivity index (χ1n) is 25.9. The number of carbonyl (C=O) groups excluding carboxylic acids is 3. The van der Waals surface area contributed by atoms with Crippen LogP contribution >= 0.6 is 0 Å². The molecule has 0 radical (unpaired) electrons. The molecule has 0 saturated carbocycles. The van der Waals surface area contributed by atoms with E-state index in [1.807, 2.05) is 50.2 Å². The molecule has 5 aliphatic rings. The van der Waals surface area contributed by atoms with Gasteiger partial charge in [0.15, 0.2) is 23.2 Å². The van der Waals surface area contributed by atoms with Crippen LogP contribution in [0.1, 0.15) is 83.8 Å². The third kappa shape index (κ3) is 9.73. The lowest BCUT2D eigenvalue weighted by Gasteiger charge is -2.29. The summed E-state index contributed by atoms with van der Waals surface area (Å²) in [6.07, 6.45) is -2.86. The molecular formula is C55H62N12O12. The lowest BCUT2D eigenvalue weighted by Crippen LogP contribution is -2.46. The lowest BCUT2D eigenvalue weighted by atomic mass is 9.92.